The van der Waals surface area contributed by atoms with Gasteiger partial charge in [0.25, 0.3) is 5.92 Å². The fourth-order valence-electron chi connectivity index (χ4n) is 2.32. The van der Waals surface area contributed by atoms with Crippen molar-refractivity contribution >= 4 is 0 Å². The maximum atomic E-state index is 13.4. The van der Waals surface area contributed by atoms with E-state index in [0.717, 1.165) is 38.3 Å². The van der Waals surface area contributed by atoms with Crippen molar-refractivity contribution in [3.8, 4) is 0 Å². The third kappa shape index (κ3) is 2.40. The Kier molecular flexibility index (Phi) is 3.24. The Labute approximate surface area is 94.9 Å². The van der Waals surface area contributed by atoms with Gasteiger partial charge in [0, 0.05) is 18.5 Å². The topological polar surface area (TPSA) is 12.0 Å². The van der Waals surface area contributed by atoms with Crippen molar-refractivity contribution < 1.29 is 8.78 Å². The van der Waals surface area contributed by atoms with Crippen LogP contribution < -0.4 is 5.32 Å². The van der Waals surface area contributed by atoms with Gasteiger partial charge in [-0.3, -0.25) is 0 Å². The van der Waals surface area contributed by atoms with Crippen LogP contribution in [-0.4, -0.2) is 6.54 Å². The molecule has 2 rings (SSSR count). The summed E-state index contributed by atoms with van der Waals surface area (Å²) in [5, 5.41) is 3.31. The van der Waals surface area contributed by atoms with Gasteiger partial charge < -0.3 is 5.32 Å². The average molecular weight is 225 g/mol. The largest absolute Gasteiger partial charge is 0.310 e. The molecule has 0 amide bonds. The zero-order chi connectivity index (χ0) is 11.6. The summed E-state index contributed by atoms with van der Waals surface area (Å²) in [7, 11) is 0. The van der Waals surface area contributed by atoms with E-state index < -0.39 is 5.92 Å². The molecule has 88 valence electrons. The second kappa shape index (κ2) is 4.50. The van der Waals surface area contributed by atoms with E-state index in [9.17, 15) is 8.78 Å². The standard InChI is InChI=1S/C13H17F2N/c1-13(14,15)11-7-3-2-6-10(11)12-8-4-5-9-16-12/h2-3,6-7,12,16H,4-5,8-9H2,1H3. The summed E-state index contributed by atoms with van der Waals surface area (Å²) in [6, 6.07) is 6.96. The molecule has 1 aliphatic rings. The normalized spacial score (nSPS) is 22.1. The highest BCUT2D eigenvalue weighted by molar-refractivity contribution is 5.33. The fraction of sp³-hybridized carbons (Fsp3) is 0.538. The van der Waals surface area contributed by atoms with Gasteiger partial charge in [-0.25, -0.2) is 8.78 Å². The Bertz CT molecular complexity index is 351. The lowest BCUT2D eigenvalue weighted by atomic mass is 9.91. The molecule has 16 heavy (non-hydrogen) atoms. The third-order valence-electron chi connectivity index (χ3n) is 3.12. The molecular weight excluding hydrogens is 208 g/mol. The Morgan fingerprint density at radius 1 is 1.25 bits per heavy atom. The van der Waals surface area contributed by atoms with Crippen molar-refractivity contribution in [1.29, 1.82) is 0 Å². The van der Waals surface area contributed by atoms with Gasteiger partial charge in [0.15, 0.2) is 0 Å². The first-order chi connectivity index (χ1) is 7.59. The predicted octanol–water partition coefficient (Wildman–Crippen LogP) is 3.61. The number of hydrogen-bond donors (Lipinski definition) is 1. The maximum Gasteiger partial charge on any atom is 0.270 e. The molecule has 1 aliphatic heterocycles. The number of hydrogen-bond acceptors (Lipinski definition) is 1. The van der Waals surface area contributed by atoms with E-state index in [2.05, 4.69) is 5.32 Å². The molecule has 0 saturated carbocycles. The highest BCUT2D eigenvalue weighted by atomic mass is 19.3. The lowest BCUT2D eigenvalue weighted by molar-refractivity contribution is 0.0158. The maximum absolute atomic E-state index is 13.4. The fourth-order valence-corrected chi connectivity index (χ4v) is 2.32. The van der Waals surface area contributed by atoms with Crippen molar-refractivity contribution in [3.05, 3.63) is 35.4 Å². The van der Waals surface area contributed by atoms with Crippen LogP contribution in [0.2, 0.25) is 0 Å². The predicted molar refractivity (Wildman–Crippen MR) is 60.6 cm³/mol. The zero-order valence-electron chi connectivity index (χ0n) is 9.47. The smallest absolute Gasteiger partial charge is 0.270 e. The van der Waals surface area contributed by atoms with Crippen LogP contribution in [0, 0.1) is 0 Å². The van der Waals surface area contributed by atoms with Crippen LogP contribution in [0.4, 0.5) is 8.78 Å². The van der Waals surface area contributed by atoms with Gasteiger partial charge in [-0.15, -0.1) is 0 Å². The number of halogens is 2. The molecule has 1 nitrogen and oxygen atoms in total. The van der Waals surface area contributed by atoms with Crippen LogP contribution in [0.3, 0.4) is 0 Å². The summed E-state index contributed by atoms with van der Waals surface area (Å²) in [5.74, 6) is -2.75. The van der Waals surface area contributed by atoms with E-state index in [4.69, 9.17) is 0 Å². The van der Waals surface area contributed by atoms with Gasteiger partial charge in [-0.1, -0.05) is 30.7 Å². The van der Waals surface area contributed by atoms with Crippen molar-refractivity contribution in [3.63, 3.8) is 0 Å². The van der Waals surface area contributed by atoms with Gasteiger partial charge in [0.2, 0.25) is 0 Å². The monoisotopic (exact) mass is 225 g/mol. The minimum absolute atomic E-state index is 0.0933. The number of alkyl halides is 2. The number of nitrogens with one attached hydrogen (secondary N) is 1. The quantitative estimate of drug-likeness (QED) is 0.810. The zero-order valence-corrected chi connectivity index (χ0v) is 9.47. The highest BCUT2D eigenvalue weighted by Gasteiger charge is 2.30. The summed E-state index contributed by atoms with van der Waals surface area (Å²) in [4.78, 5) is 0. The molecule has 1 unspecified atom stereocenters. The van der Waals surface area contributed by atoms with Crippen LogP contribution in [-0.2, 0) is 5.92 Å². The Morgan fingerprint density at radius 3 is 2.62 bits per heavy atom. The second-order valence-electron chi connectivity index (χ2n) is 4.48. The first-order valence-corrected chi connectivity index (χ1v) is 5.79. The summed E-state index contributed by atoms with van der Waals surface area (Å²) in [6.45, 7) is 1.89. The first-order valence-electron chi connectivity index (χ1n) is 5.79. The minimum atomic E-state index is -2.75. The molecule has 1 saturated heterocycles. The number of rotatable bonds is 2. The van der Waals surface area contributed by atoms with Gasteiger partial charge >= 0.3 is 0 Å². The van der Waals surface area contributed by atoms with E-state index in [1.54, 1.807) is 6.07 Å². The van der Waals surface area contributed by atoms with Crippen LogP contribution in [0.5, 0.6) is 0 Å². The molecule has 0 aliphatic carbocycles. The number of piperidine rings is 1. The van der Waals surface area contributed by atoms with Gasteiger partial charge in [0.05, 0.1) is 0 Å². The lowest BCUT2D eigenvalue weighted by Gasteiger charge is -2.27. The minimum Gasteiger partial charge on any atom is -0.310 e. The van der Waals surface area contributed by atoms with Crippen molar-refractivity contribution in [2.75, 3.05) is 6.54 Å². The van der Waals surface area contributed by atoms with E-state index >= 15 is 0 Å². The summed E-state index contributed by atoms with van der Waals surface area (Å²) < 4.78 is 26.9. The van der Waals surface area contributed by atoms with Gasteiger partial charge in [-0.05, 0) is 24.9 Å². The van der Waals surface area contributed by atoms with Crippen LogP contribution >= 0.6 is 0 Å². The van der Waals surface area contributed by atoms with E-state index in [0.29, 0.717) is 0 Å². The molecule has 1 atom stereocenters. The van der Waals surface area contributed by atoms with Gasteiger partial charge in [0.1, 0.15) is 0 Å². The molecule has 1 heterocycles. The Hall–Kier alpha value is -0.960. The van der Waals surface area contributed by atoms with Crippen LogP contribution in [0.1, 0.15) is 43.4 Å². The average Bonchev–Trinajstić information content (AvgIpc) is 2.29. The Morgan fingerprint density at radius 2 is 2.00 bits per heavy atom. The highest BCUT2D eigenvalue weighted by Crippen LogP contribution is 2.35. The van der Waals surface area contributed by atoms with Crippen LogP contribution in [0.25, 0.3) is 0 Å². The van der Waals surface area contributed by atoms with Crippen molar-refractivity contribution in [2.45, 2.75) is 38.2 Å². The van der Waals surface area contributed by atoms with Crippen molar-refractivity contribution in [2.24, 2.45) is 0 Å². The van der Waals surface area contributed by atoms with E-state index in [1.165, 1.54) is 6.07 Å². The van der Waals surface area contributed by atoms with E-state index in [-0.39, 0.29) is 11.6 Å². The second-order valence-corrected chi connectivity index (χ2v) is 4.48. The molecule has 1 aromatic carbocycles. The molecule has 0 spiro atoms. The summed E-state index contributed by atoms with van der Waals surface area (Å²) in [6.07, 6.45) is 3.20. The SMILES string of the molecule is CC(F)(F)c1ccccc1C1CCCCN1. The third-order valence-corrected chi connectivity index (χ3v) is 3.12. The molecule has 1 aromatic rings. The molecule has 1 fully saturated rings. The Balaban J connectivity index is 2.32. The summed E-state index contributed by atoms with van der Waals surface area (Å²) >= 11 is 0. The molecule has 0 aromatic heterocycles. The van der Waals surface area contributed by atoms with Crippen LogP contribution in [0.15, 0.2) is 24.3 Å². The number of benzene rings is 1. The summed E-state index contributed by atoms with van der Waals surface area (Å²) in [5.41, 5.74) is 0.920. The molecular formula is C13H17F2N. The van der Waals surface area contributed by atoms with E-state index in [1.807, 2.05) is 12.1 Å². The van der Waals surface area contributed by atoms with Gasteiger partial charge in [-0.2, -0.15) is 0 Å². The van der Waals surface area contributed by atoms with Crippen molar-refractivity contribution in [1.82, 2.24) is 5.32 Å². The molecule has 1 N–H and O–H groups in total. The molecule has 3 heteroatoms. The lowest BCUT2D eigenvalue weighted by Crippen LogP contribution is -2.28. The first kappa shape index (κ1) is 11.5. The molecule has 0 bridgehead atoms. The molecule has 0 radical (unpaired) electrons.